The van der Waals surface area contributed by atoms with Crippen LogP contribution in [-0.4, -0.2) is 0 Å². The summed E-state index contributed by atoms with van der Waals surface area (Å²) in [6, 6.07) is 7.17. The summed E-state index contributed by atoms with van der Waals surface area (Å²) in [4.78, 5) is 0. The molecule has 2 aromatic carbocycles. The Morgan fingerprint density at radius 2 is 1.67 bits per heavy atom. The number of hydrogen-bond donors (Lipinski definition) is 2. The monoisotopic (exact) mass is 376 g/mol. The first-order chi connectivity index (χ1) is 8.47. The van der Waals surface area contributed by atoms with E-state index in [0.717, 1.165) is 0 Å². The van der Waals surface area contributed by atoms with Crippen LogP contribution in [0.5, 0.6) is 0 Å². The number of benzene rings is 2. The third-order valence-electron chi connectivity index (χ3n) is 2.29. The molecule has 0 amide bonds. The molecule has 0 saturated carbocycles. The van der Waals surface area contributed by atoms with Crippen molar-refractivity contribution in [3.05, 3.63) is 50.9 Å². The molecule has 0 aliphatic rings. The number of rotatable bonds is 2. The molecule has 0 heterocycles. The fourth-order valence-corrected chi connectivity index (χ4v) is 2.10. The summed E-state index contributed by atoms with van der Waals surface area (Å²) in [5.41, 5.74) is 6.60. The van der Waals surface area contributed by atoms with Crippen molar-refractivity contribution in [3.8, 4) is 0 Å². The molecule has 2 nitrogen and oxygen atoms in total. The average molecular weight is 378 g/mol. The van der Waals surface area contributed by atoms with Crippen molar-refractivity contribution < 1.29 is 8.78 Å². The summed E-state index contributed by atoms with van der Waals surface area (Å²) in [7, 11) is 0. The van der Waals surface area contributed by atoms with E-state index in [2.05, 4.69) is 37.2 Å². The lowest BCUT2D eigenvalue weighted by Gasteiger charge is -2.11. The molecule has 0 spiro atoms. The minimum absolute atomic E-state index is 0.228. The average Bonchev–Trinajstić information content (AvgIpc) is 2.29. The van der Waals surface area contributed by atoms with Gasteiger partial charge in [-0.2, -0.15) is 0 Å². The van der Waals surface area contributed by atoms with E-state index >= 15 is 0 Å². The molecule has 0 aliphatic heterocycles. The molecular formula is C12H8Br2F2N2. The van der Waals surface area contributed by atoms with Crippen LogP contribution in [0, 0.1) is 11.6 Å². The number of nitrogens with two attached hydrogens (primary N) is 1. The smallest absolute Gasteiger partial charge is 0.147 e. The maximum absolute atomic E-state index is 13.6. The maximum Gasteiger partial charge on any atom is 0.147 e. The Balaban J connectivity index is 2.37. The lowest BCUT2D eigenvalue weighted by atomic mass is 10.2. The third-order valence-corrected chi connectivity index (χ3v) is 3.39. The molecule has 0 saturated heterocycles. The van der Waals surface area contributed by atoms with Gasteiger partial charge in [-0.05, 0) is 40.2 Å². The van der Waals surface area contributed by atoms with Gasteiger partial charge in [0.2, 0.25) is 0 Å². The van der Waals surface area contributed by atoms with Crippen LogP contribution in [0.1, 0.15) is 0 Å². The van der Waals surface area contributed by atoms with E-state index in [-0.39, 0.29) is 10.2 Å². The second-order valence-electron chi connectivity index (χ2n) is 3.60. The number of nitrogens with one attached hydrogen (secondary N) is 1. The highest BCUT2D eigenvalue weighted by molar-refractivity contribution is 9.10. The molecule has 2 aromatic rings. The first-order valence-electron chi connectivity index (χ1n) is 4.94. The predicted octanol–water partition coefficient (Wildman–Crippen LogP) is 4.82. The SMILES string of the molecule is Nc1cc(Br)c(F)cc1Nc1ccc(Br)cc1F. The van der Waals surface area contributed by atoms with Crippen LogP contribution in [0.2, 0.25) is 0 Å². The summed E-state index contributed by atoms with van der Waals surface area (Å²) in [5, 5.41) is 2.75. The van der Waals surface area contributed by atoms with E-state index in [1.54, 1.807) is 12.1 Å². The zero-order valence-corrected chi connectivity index (χ0v) is 12.1. The third kappa shape index (κ3) is 2.81. The molecule has 18 heavy (non-hydrogen) atoms. The van der Waals surface area contributed by atoms with Gasteiger partial charge in [0, 0.05) is 10.5 Å². The Hall–Kier alpha value is -1.14. The van der Waals surface area contributed by atoms with Gasteiger partial charge in [0.05, 0.1) is 21.5 Å². The Kier molecular flexibility index (Phi) is 3.87. The predicted molar refractivity (Wildman–Crippen MR) is 75.9 cm³/mol. The Bertz CT molecular complexity index is 603. The minimum atomic E-state index is -0.468. The van der Waals surface area contributed by atoms with Crippen LogP contribution in [0.3, 0.4) is 0 Å². The van der Waals surface area contributed by atoms with E-state index in [1.807, 2.05) is 0 Å². The van der Waals surface area contributed by atoms with E-state index in [9.17, 15) is 8.78 Å². The van der Waals surface area contributed by atoms with Crippen molar-refractivity contribution in [2.24, 2.45) is 0 Å². The van der Waals surface area contributed by atoms with Crippen molar-refractivity contribution >= 4 is 48.9 Å². The van der Waals surface area contributed by atoms with Gasteiger partial charge in [0.25, 0.3) is 0 Å². The van der Waals surface area contributed by atoms with Crippen molar-refractivity contribution in [1.29, 1.82) is 0 Å². The summed E-state index contributed by atoms with van der Waals surface area (Å²) in [5.74, 6) is -0.920. The number of anilines is 3. The van der Waals surface area contributed by atoms with Gasteiger partial charge in [-0.15, -0.1) is 0 Å². The molecule has 3 N–H and O–H groups in total. The van der Waals surface area contributed by atoms with Crippen LogP contribution in [0.4, 0.5) is 25.8 Å². The zero-order valence-electron chi connectivity index (χ0n) is 8.98. The van der Waals surface area contributed by atoms with Crippen LogP contribution in [0.25, 0.3) is 0 Å². The normalized spacial score (nSPS) is 10.4. The standard InChI is InChI=1S/C12H8Br2F2N2/c13-6-1-2-11(9(16)3-6)18-12-5-8(15)7(14)4-10(12)17/h1-5,18H,17H2. The largest absolute Gasteiger partial charge is 0.397 e. The quantitative estimate of drug-likeness (QED) is 0.736. The highest BCUT2D eigenvalue weighted by Crippen LogP contribution is 2.30. The Labute approximate surface area is 119 Å². The zero-order chi connectivity index (χ0) is 13.3. The molecule has 2 rings (SSSR count). The van der Waals surface area contributed by atoms with E-state index in [1.165, 1.54) is 18.2 Å². The van der Waals surface area contributed by atoms with Crippen molar-refractivity contribution in [3.63, 3.8) is 0 Å². The van der Waals surface area contributed by atoms with Crippen LogP contribution in [0.15, 0.2) is 39.3 Å². The molecule has 0 aromatic heterocycles. The van der Waals surface area contributed by atoms with E-state index in [0.29, 0.717) is 15.8 Å². The highest BCUT2D eigenvalue weighted by Gasteiger charge is 2.08. The van der Waals surface area contributed by atoms with Crippen LogP contribution in [-0.2, 0) is 0 Å². The van der Waals surface area contributed by atoms with Crippen molar-refractivity contribution in [2.75, 3.05) is 11.1 Å². The Morgan fingerprint density at radius 1 is 0.944 bits per heavy atom. The molecule has 94 valence electrons. The summed E-state index contributed by atoms with van der Waals surface area (Å²) < 4.78 is 27.9. The molecule has 0 unspecified atom stereocenters. The van der Waals surface area contributed by atoms with Gasteiger partial charge in [-0.25, -0.2) is 8.78 Å². The summed E-state index contributed by atoms with van der Waals surface area (Å²) >= 11 is 6.19. The van der Waals surface area contributed by atoms with E-state index in [4.69, 9.17) is 5.73 Å². The van der Waals surface area contributed by atoms with Crippen LogP contribution < -0.4 is 11.1 Å². The second-order valence-corrected chi connectivity index (χ2v) is 5.37. The van der Waals surface area contributed by atoms with Gasteiger partial charge in [0.1, 0.15) is 11.6 Å². The van der Waals surface area contributed by atoms with Gasteiger partial charge < -0.3 is 11.1 Å². The van der Waals surface area contributed by atoms with Crippen molar-refractivity contribution in [1.82, 2.24) is 0 Å². The van der Waals surface area contributed by atoms with Gasteiger partial charge in [-0.3, -0.25) is 0 Å². The topological polar surface area (TPSA) is 38.0 Å². The molecule has 0 bridgehead atoms. The van der Waals surface area contributed by atoms with Crippen molar-refractivity contribution in [2.45, 2.75) is 0 Å². The molecular weight excluding hydrogens is 370 g/mol. The molecule has 0 fully saturated rings. The summed E-state index contributed by atoms with van der Waals surface area (Å²) in [6.45, 7) is 0. The van der Waals surface area contributed by atoms with Crippen LogP contribution >= 0.6 is 31.9 Å². The second kappa shape index (κ2) is 5.24. The fourth-order valence-electron chi connectivity index (χ4n) is 1.41. The minimum Gasteiger partial charge on any atom is -0.397 e. The first-order valence-corrected chi connectivity index (χ1v) is 6.52. The summed E-state index contributed by atoms with van der Waals surface area (Å²) in [6.07, 6.45) is 0. The molecule has 0 aliphatic carbocycles. The number of hydrogen-bond acceptors (Lipinski definition) is 2. The van der Waals surface area contributed by atoms with Gasteiger partial charge in [0.15, 0.2) is 0 Å². The van der Waals surface area contributed by atoms with E-state index < -0.39 is 11.6 Å². The van der Waals surface area contributed by atoms with Gasteiger partial charge >= 0.3 is 0 Å². The molecule has 0 radical (unpaired) electrons. The highest BCUT2D eigenvalue weighted by atomic mass is 79.9. The first kappa shape index (κ1) is 13.3. The fraction of sp³-hybridized carbons (Fsp3) is 0. The van der Waals surface area contributed by atoms with Gasteiger partial charge in [-0.1, -0.05) is 15.9 Å². The number of nitrogen functional groups attached to an aromatic ring is 1. The number of halogens is 4. The molecule has 6 heteroatoms. The Morgan fingerprint density at radius 3 is 2.33 bits per heavy atom. The lowest BCUT2D eigenvalue weighted by molar-refractivity contribution is 0.621. The lowest BCUT2D eigenvalue weighted by Crippen LogP contribution is -1.99. The maximum atomic E-state index is 13.6. The molecule has 0 atom stereocenters.